The van der Waals surface area contributed by atoms with Crippen LogP contribution in [0.15, 0.2) is 24.3 Å². The van der Waals surface area contributed by atoms with E-state index < -0.39 is 0 Å². The Hall–Kier alpha value is -1.81. The minimum absolute atomic E-state index is 0.834. The van der Waals surface area contributed by atoms with Gasteiger partial charge in [-0.1, -0.05) is 12.1 Å². The molecule has 0 radical (unpaired) electrons. The number of aromatic amines is 1. The van der Waals surface area contributed by atoms with Crippen LogP contribution in [-0.2, 0) is 13.1 Å². The third kappa shape index (κ3) is 2.90. The number of methoxy groups -OCH3 is 1. The van der Waals surface area contributed by atoms with Gasteiger partial charge in [-0.2, -0.15) is 5.10 Å². The third-order valence-corrected chi connectivity index (χ3v) is 3.07. The lowest BCUT2D eigenvalue weighted by molar-refractivity contribution is 0.414. The molecule has 0 aliphatic carbocycles. The molecule has 2 N–H and O–H groups in total. The van der Waals surface area contributed by atoms with Gasteiger partial charge in [0.25, 0.3) is 0 Å². The Morgan fingerprint density at radius 2 is 1.89 bits per heavy atom. The lowest BCUT2D eigenvalue weighted by Crippen LogP contribution is -2.13. The molecular weight excluding hydrogens is 226 g/mol. The number of hydrogen-bond acceptors (Lipinski definition) is 3. The number of hydrogen-bond donors (Lipinski definition) is 2. The normalized spacial score (nSPS) is 10.6. The van der Waals surface area contributed by atoms with E-state index in [-0.39, 0.29) is 0 Å². The first-order valence-corrected chi connectivity index (χ1v) is 6.05. The largest absolute Gasteiger partial charge is 0.497 e. The number of aryl methyl sites for hydroxylation is 2. The van der Waals surface area contributed by atoms with E-state index in [9.17, 15) is 0 Å². The average molecular weight is 245 g/mol. The van der Waals surface area contributed by atoms with Gasteiger partial charge in [0, 0.05) is 24.3 Å². The van der Waals surface area contributed by atoms with Gasteiger partial charge in [-0.3, -0.25) is 5.10 Å². The maximum Gasteiger partial charge on any atom is 0.118 e. The van der Waals surface area contributed by atoms with Gasteiger partial charge < -0.3 is 10.1 Å². The predicted molar refractivity (Wildman–Crippen MR) is 71.6 cm³/mol. The van der Waals surface area contributed by atoms with Crippen molar-refractivity contribution in [2.75, 3.05) is 7.11 Å². The van der Waals surface area contributed by atoms with Crippen molar-refractivity contribution in [1.82, 2.24) is 15.5 Å². The maximum absolute atomic E-state index is 5.13. The fraction of sp³-hybridized carbons (Fsp3) is 0.357. The molecule has 0 bridgehead atoms. The van der Waals surface area contributed by atoms with Gasteiger partial charge >= 0.3 is 0 Å². The van der Waals surface area contributed by atoms with E-state index in [0.29, 0.717) is 0 Å². The Labute approximate surface area is 107 Å². The second-order valence-electron chi connectivity index (χ2n) is 4.36. The Kier molecular flexibility index (Phi) is 3.99. The summed E-state index contributed by atoms with van der Waals surface area (Å²) < 4.78 is 5.13. The SMILES string of the molecule is COc1ccc(CNCc2c(C)n[nH]c2C)cc1. The van der Waals surface area contributed by atoms with Crippen LogP contribution < -0.4 is 10.1 Å². The number of nitrogens with zero attached hydrogens (tertiary/aromatic N) is 1. The molecule has 4 nitrogen and oxygen atoms in total. The van der Waals surface area contributed by atoms with Crippen molar-refractivity contribution in [3.05, 3.63) is 46.8 Å². The van der Waals surface area contributed by atoms with Crippen molar-refractivity contribution >= 4 is 0 Å². The molecule has 0 fully saturated rings. The van der Waals surface area contributed by atoms with Gasteiger partial charge in [0.05, 0.1) is 12.8 Å². The molecule has 1 aromatic heterocycles. The number of H-pyrrole nitrogens is 1. The molecule has 1 heterocycles. The van der Waals surface area contributed by atoms with Crippen LogP contribution in [0.3, 0.4) is 0 Å². The van der Waals surface area contributed by atoms with Crippen LogP contribution >= 0.6 is 0 Å². The molecule has 2 rings (SSSR count). The predicted octanol–water partition coefficient (Wildman–Crippen LogP) is 2.32. The smallest absolute Gasteiger partial charge is 0.118 e. The van der Waals surface area contributed by atoms with Gasteiger partial charge in [-0.25, -0.2) is 0 Å². The van der Waals surface area contributed by atoms with Crippen molar-refractivity contribution < 1.29 is 4.74 Å². The van der Waals surface area contributed by atoms with E-state index >= 15 is 0 Å². The Morgan fingerprint density at radius 1 is 1.17 bits per heavy atom. The van der Waals surface area contributed by atoms with Crippen LogP contribution in [0.2, 0.25) is 0 Å². The highest BCUT2D eigenvalue weighted by Crippen LogP contribution is 2.12. The summed E-state index contributed by atoms with van der Waals surface area (Å²) in [4.78, 5) is 0. The number of aromatic nitrogens is 2. The Morgan fingerprint density at radius 3 is 2.44 bits per heavy atom. The second-order valence-corrected chi connectivity index (χ2v) is 4.36. The first-order chi connectivity index (χ1) is 8.70. The van der Waals surface area contributed by atoms with E-state index in [1.807, 2.05) is 26.0 Å². The molecule has 96 valence electrons. The van der Waals surface area contributed by atoms with E-state index in [2.05, 4.69) is 27.6 Å². The zero-order valence-electron chi connectivity index (χ0n) is 11.1. The minimum atomic E-state index is 0.834. The molecule has 1 aromatic carbocycles. The lowest BCUT2D eigenvalue weighted by atomic mass is 10.2. The number of ether oxygens (including phenoxy) is 1. The molecule has 4 heteroatoms. The highest BCUT2D eigenvalue weighted by Gasteiger charge is 2.05. The highest BCUT2D eigenvalue weighted by molar-refractivity contribution is 5.27. The fourth-order valence-corrected chi connectivity index (χ4v) is 1.91. The van der Waals surface area contributed by atoms with Crippen LogP contribution in [0.25, 0.3) is 0 Å². The molecule has 18 heavy (non-hydrogen) atoms. The Bertz CT molecular complexity index is 483. The van der Waals surface area contributed by atoms with Crippen molar-refractivity contribution in [2.45, 2.75) is 26.9 Å². The van der Waals surface area contributed by atoms with Crippen molar-refractivity contribution in [1.29, 1.82) is 0 Å². The summed E-state index contributed by atoms with van der Waals surface area (Å²) in [6.45, 7) is 5.74. The minimum Gasteiger partial charge on any atom is -0.497 e. The van der Waals surface area contributed by atoms with Gasteiger partial charge in [0.15, 0.2) is 0 Å². The molecule has 0 aliphatic rings. The fourth-order valence-electron chi connectivity index (χ4n) is 1.91. The van der Waals surface area contributed by atoms with Gasteiger partial charge in [-0.15, -0.1) is 0 Å². The standard InChI is InChI=1S/C14H19N3O/c1-10-14(11(2)17-16-10)9-15-8-12-4-6-13(18-3)7-5-12/h4-7,15H,8-9H2,1-3H3,(H,16,17). The summed E-state index contributed by atoms with van der Waals surface area (Å²) in [5.41, 5.74) is 4.70. The first kappa shape index (κ1) is 12.6. The van der Waals surface area contributed by atoms with Crippen LogP contribution in [0.1, 0.15) is 22.5 Å². The zero-order valence-corrected chi connectivity index (χ0v) is 11.1. The van der Waals surface area contributed by atoms with Gasteiger partial charge in [0.1, 0.15) is 5.75 Å². The second kappa shape index (κ2) is 5.69. The summed E-state index contributed by atoms with van der Waals surface area (Å²) in [6, 6.07) is 8.10. The van der Waals surface area contributed by atoms with Crippen molar-refractivity contribution in [2.24, 2.45) is 0 Å². The molecule has 0 atom stereocenters. The molecule has 0 aliphatic heterocycles. The van der Waals surface area contributed by atoms with Crippen LogP contribution in [-0.4, -0.2) is 17.3 Å². The molecule has 0 saturated heterocycles. The summed E-state index contributed by atoms with van der Waals surface area (Å²) in [5.74, 6) is 0.889. The zero-order chi connectivity index (χ0) is 13.0. The molecule has 0 amide bonds. The topological polar surface area (TPSA) is 49.9 Å². The van der Waals surface area contributed by atoms with Gasteiger partial charge in [-0.05, 0) is 31.5 Å². The Balaban J connectivity index is 1.88. The van der Waals surface area contributed by atoms with Crippen molar-refractivity contribution in [3.63, 3.8) is 0 Å². The van der Waals surface area contributed by atoms with E-state index in [0.717, 1.165) is 30.2 Å². The van der Waals surface area contributed by atoms with E-state index in [4.69, 9.17) is 4.74 Å². The maximum atomic E-state index is 5.13. The number of benzene rings is 1. The highest BCUT2D eigenvalue weighted by atomic mass is 16.5. The quantitative estimate of drug-likeness (QED) is 0.850. The molecule has 0 saturated carbocycles. The summed E-state index contributed by atoms with van der Waals surface area (Å²) in [6.07, 6.45) is 0. The molecule has 0 unspecified atom stereocenters. The average Bonchev–Trinajstić information content (AvgIpc) is 2.71. The summed E-state index contributed by atoms with van der Waals surface area (Å²) in [5, 5.41) is 10.6. The van der Waals surface area contributed by atoms with Crippen LogP contribution in [0.4, 0.5) is 0 Å². The first-order valence-electron chi connectivity index (χ1n) is 6.05. The molecular formula is C14H19N3O. The van der Waals surface area contributed by atoms with Gasteiger partial charge in [0.2, 0.25) is 0 Å². The van der Waals surface area contributed by atoms with E-state index in [1.165, 1.54) is 11.1 Å². The monoisotopic (exact) mass is 245 g/mol. The third-order valence-electron chi connectivity index (χ3n) is 3.07. The number of rotatable bonds is 5. The molecule has 0 spiro atoms. The van der Waals surface area contributed by atoms with Crippen LogP contribution in [0, 0.1) is 13.8 Å². The number of nitrogens with one attached hydrogen (secondary N) is 2. The summed E-state index contributed by atoms with van der Waals surface area (Å²) in [7, 11) is 1.68. The summed E-state index contributed by atoms with van der Waals surface area (Å²) >= 11 is 0. The van der Waals surface area contributed by atoms with E-state index in [1.54, 1.807) is 7.11 Å². The van der Waals surface area contributed by atoms with Crippen LogP contribution in [0.5, 0.6) is 5.75 Å². The molecule has 2 aromatic rings. The van der Waals surface area contributed by atoms with Crippen molar-refractivity contribution in [3.8, 4) is 5.75 Å². The lowest BCUT2D eigenvalue weighted by Gasteiger charge is -2.06.